The van der Waals surface area contributed by atoms with E-state index in [-0.39, 0.29) is 6.04 Å². The lowest BCUT2D eigenvalue weighted by molar-refractivity contribution is 0.209. The molecule has 4 nitrogen and oxygen atoms in total. The normalized spacial score (nSPS) is 25.4. The third kappa shape index (κ3) is 3.37. The van der Waals surface area contributed by atoms with Gasteiger partial charge in [0, 0.05) is 12.7 Å². The molecular weight excluding hydrogens is 236 g/mol. The first-order chi connectivity index (χ1) is 9.30. The predicted molar refractivity (Wildman–Crippen MR) is 78.3 cm³/mol. The molecular formula is C15H28N4. The van der Waals surface area contributed by atoms with E-state index in [2.05, 4.69) is 35.1 Å². The van der Waals surface area contributed by atoms with Crippen molar-refractivity contribution in [1.29, 1.82) is 0 Å². The van der Waals surface area contributed by atoms with E-state index in [0.29, 0.717) is 5.92 Å². The lowest BCUT2D eigenvalue weighted by Gasteiger charge is -2.33. The van der Waals surface area contributed by atoms with Gasteiger partial charge in [-0.1, -0.05) is 32.6 Å². The number of nitrogens with one attached hydrogen (secondary N) is 1. The molecule has 108 valence electrons. The number of rotatable bonds is 6. The van der Waals surface area contributed by atoms with Crippen LogP contribution in [0.25, 0.3) is 0 Å². The number of nitrogens with zero attached hydrogens (tertiary/aromatic N) is 2. The summed E-state index contributed by atoms with van der Waals surface area (Å²) in [6.07, 6.45) is 9.87. The maximum Gasteiger partial charge on any atom is 0.0657 e. The highest BCUT2D eigenvalue weighted by Crippen LogP contribution is 2.37. The van der Waals surface area contributed by atoms with Gasteiger partial charge in [-0.15, -0.1) is 0 Å². The average Bonchev–Trinajstić information content (AvgIpc) is 2.90. The molecule has 0 spiro atoms. The summed E-state index contributed by atoms with van der Waals surface area (Å²) in [5, 5.41) is 4.36. The number of nitrogens with two attached hydrogens (primary N) is 1. The molecule has 1 aromatic heterocycles. The number of hydrogen-bond donors (Lipinski definition) is 2. The van der Waals surface area contributed by atoms with Crippen molar-refractivity contribution in [3.63, 3.8) is 0 Å². The number of aryl methyl sites for hydroxylation is 1. The standard InChI is InChI=1S/C15H28N4/c1-3-5-12-6-8-13(9-7-12)15(18-16)14-10-11-17-19(14)4-2/h10-13,15,18H,3-9,16H2,1-2H3. The predicted octanol–water partition coefficient (Wildman–Crippen LogP) is 3.01. The maximum atomic E-state index is 5.82. The van der Waals surface area contributed by atoms with E-state index in [9.17, 15) is 0 Å². The zero-order valence-corrected chi connectivity index (χ0v) is 12.3. The summed E-state index contributed by atoms with van der Waals surface area (Å²) in [7, 11) is 0. The molecule has 1 saturated carbocycles. The maximum absolute atomic E-state index is 5.82. The lowest BCUT2D eigenvalue weighted by atomic mass is 9.76. The van der Waals surface area contributed by atoms with Gasteiger partial charge in [0.15, 0.2) is 0 Å². The van der Waals surface area contributed by atoms with Crippen LogP contribution in [-0.2, 0) is 6.54 Å². The summed E-state index contributed by atoms with van der Waals surface area (Å²) >= 11 is 0. The Morgan fingerprint density at radius 2 is 2.11 bits per heavy atom. The van der Waals surface area contributed by atoms with Gasteiger partial charge in [0.05, 0.1) is 11.7 Å². The van der Waals surface area contributed by atoms with Crippen molar-refractivity contribution in [3.8, 4) is 0 Å². The van der Waals surface area contributed by atoms with E-state index < -0.39 is 0 Å². The Labute approximate surface area is 116 Å². The van der Waals surface area contributed by atoms with Crippen LogP contribution in [0, 0.1) is 11.8 Å². The van der Waals surface area contributed by atoms with Crippen molar-refractivity contribution in [2.75, 3.05) is 0 Å². The molecule has 1 aliphatic rings. The Morgan fingerprint density at radius 1 is 1.37 bits per heavy atom. The molecule has 1 unspecified atom stereocenters. The van der Waals surface area contributed by atoms with Gasteiger partial charge in [-0.3, -0.25) is 16.0 Å². The average molecular weight is 264 g/mol. The van der Waals surface area contributed by atoms with E-state index in [1.165, 1.54) is 44.2 Å². The highest BCUT2D eigenvalue weighted by molar-refractivity contribution is 5.08. The zero-order valence-electron chi connectivity index (χ0n) is 12.3. The summed E-state index contributed by atoms with van der Waals surface area (Å²) in [6, 6.07) is 2.36. The van der Waals surface area contributed by atoms with Crippen LogP contribution in [0.15, 0.2) is 12.3 Å². The van der Waals surface area contributed by atoms with Gasteiger partial charge >= 0.3 is 0 Å². The fourth-order valence-corrected chi connectivity index (χ4v) is 3.55. The summed E-state index contributed by atoms with van der Waals surface area (Å²) in [6.45, 7) is 5.32. The molecule has 0 saturated heterocycles. The van der Waals surface area contributed by atoms with Gasteiger partial charge in [0.1, 0.15) is 0 Å². The Hall–Kier alpha value is -0.870. The van der Waals surface area contributed by atoms with Crippen molar-refractivity contribution in [2.45, 2.75) is 65.0 Å². The summed E-state index contributed by atoms with van der Waals surface area (Å²) in [5.74, 6) is 7.41. The SMILES string of the molecule is CCCC1CCC(C(NN)c2ccnn2CC)CC1. The minimum Gasteiger partial charge on any atom is -0.271 e. The molecule has 3 N–H and O–H groups in total. The van der Waals surface area contributed by atoms with Crippen LogP contribution < -0.4 is 11.3 Å². The molecule has 0 radical (unpaired) electrons. The van der Waals surface area contributed by atoms with Crippen molar-refractivity contribution < 1.29 is 0 Å². The second kappa shape index (κ2) is 7.06. The van der Waals surface area contributed by atoms with Crippen LogP contribution in [-0.4, -0.2) is 9.78 Å². The fraction of sp³-hybridized carbons (Fsp3) is 0.800. The van der Waals surface area contributed by atoms with Gasteiger partial charge in [-0.25, -0.2) is 0 Å². The lowest BCUT2D eigenvalue weighted by Crippen LogP contribution is -2.36. The number of aromatic nitrogens is 2. The molecule has 0 aromatic carbocycles. The highest BCUT2D eigenvalue weighted by Gasteiger charge is 2.29. The van der Waals surface area contributed by atoms with Crippen molar-refractivity contribution in [3.05, 3.63) is 18.0 Å². The van der Waals surface area contributed by atoms with Crippen molar-refractivity contribution in [1.82, 2.24) is 15.2 Å². The third-order valence-corrected chi connectivity index (χ3v) is 4.61. The number of hydrazine groups is 1. The molecule has 2 rings (SSSR count). The Kier molecular flexibility index (Phi) is 5.40. The van der Waals surface area contributed by atoms with Gasteiger partial charge in [0.25, 0.3) is 0 Å². The van der Waals surface area contributed by atoms with Crippen LogP contribution >= 0.6 is 0 Å². The fourth-order valence-electron chi connectivity index (χ4n) is 3.55. The minimum atomic E-state index is 0.255. The van der Waals surface area contributed by atoms with Crippen molar-refractivity contribution in [2.24, 2.45) is 17.7 Å². The molecule has 0 amide bonds. The van der Waals surface area contributed by atoms with Gasteiger partial charge < -0.3 is 0 Å². The molecule has 1 fully saturated rings. The van der Waals surface area contributed by atoms with Gasteiger partial charge in [-0.05, 0) is 37.7 Å². The van der Waals surface area contributed by atoms with Crippen LogP contribution in [0.1, 0.15) is 64.1 Å². The smallest absolute Gasteiger partial charge is 0.0657 e. The molecule has 4 heteroatoms. The van der Waals surface area contributed by atoms with Crippen LogP contribution in [0.4, 0.5) is 0 Å². The Morgan fingerprint density at radius 3 is 2.68 bits per heavy atom. The first-order valence-electron chi connectivity index (χ1n) is 7.77. The van der Waals surface area contributed by atoms with E-state index in [1.54, 1.807) is 0 Å². The summed E-state index contributed by atoms with van der Waals surface area (Å²) in [5.41, 5.74) is 4.27. The van der Waals surface area contributed by atoms with E-state index in [1.807, 2.05) is 6.20 Å². The summed E-state index contributed by atoms with van der Waals surface area (Å²) in [4.78, 5) is 0. The van der Waals surface area contributed by atoms with Crippen LogP contribution in [0.2, 0.25) is 0 Å². The molecule has 0 bridgehead atoms. The first kappa shape index (κ1) is 14.5. The highest BCUT2D eigenvalue weighted by atomic mass is 15.3. The molecule has 1 aliphatic carbocycles. The van der Waals surface area contributed by atoms with E-state index >= 15 is 0 Å². The topological polar surface area (TPSA) is 55.9 Å². The minimum absolute atomic E-state index is 0.255. The second-order valence-corrected chi connectivity index (χ2v) is 5.79. The molecule has 1 atom stereocenters. The molecule has 0 aliphatic heterocycles. The third-order valence-electron chi connectivity index (χ3n) is 4.61. The molecule has 19 heavy (non-hydrogen) atoms. The van der Waals surface area contributed by atoms with Crippen molar-refractivity contribution >= 4 is 0 Å². The second-order valence-electron chi connectivity index (χ2n) is 5.79. The molecule has 1 heterocycles. The zero-order chi connectivity index (χ0) is 13.7. The Balaban J connectivity index is 2.00. The Bertz CT molecular complexity index is 366. The summed E-state index contributed by atoms with van der Waals surface area (Å²) < 4.78 is 2.06. The van der Waals surface area contributed by atoms with E-state index in [0.717, 1.165) is 12.5 Å². The molecule has 1 aromatic rings. The quantitative estimate of drug-likeness (QED) is 0.613. The monoisotopic (exact) mass is 264 g/mol. The van der Waals surface area contributed by atoms with E-state index in [4.69, 9.17) is 5.84 Å². The number of hydrogen-bond acceptors (Lipinski definition) is 3. The van der Waals surface area contributed by atoms with Crippen LogP contribution in [0.3, 0.4) is 0 Å². The van der Waals surface area contributed by atoms with Gasteiger partial charge in [-0.2, -0.15) is 5.10 Å². The van der Waals surface area contributed by atoms with Crippen LogP contribution in [0.5, 0.6) is 0 Å². The van der Waals surface area contributed by atoms with Gasteiger partial charge in [0.2, 0.25) is 0 Å². The largest absolute Gasteiger partial charge is 0.271 e. The first-order valence-corrected chi connectivity index (χ1v) is 7.77.